The maximum Gasteiger partial charge on any atom is 0.289 e. The summed E-state index contributed by atoms with van der Waals surface area (Å²) < 4.78 is 32.5. The van der Waals surface area contributed by atoms with E-state index in [1.165, 1.54) is 22.7 Å². The number of amides is 2. The van der Waals surface area contributed by atoms with Crippen molar-refractivity contribution >= 4 is 21.8 Å². The van der Waals surface area contributed by atoms with Crippen LogP contribution in [0.4, 0.5) is 0 Å². The van der Waals surface area contributed by atoms with Gasteiger partial charge in [-0.2, -0.15) is 4.31 Å². The molecule has 9 heteroatoms. The van der Waals surface area contributed by atoms with E-state index in [-0.39, 0.29) is 22.8 Å². The molecule has 2 aromatic rings. The maximum atomic E-state index is 12.9. The first kappa shape index (κ1) is 22.5. The van der Waals surface area contributed by atoms with Crippen molar-refractivity contribution in [3.63, 3.8) is 0 Å². The number of piperidine rings is 2. The molecule has 1 aromatic heterocycles. The fraction of sp³-hybridized carbons (Fsp3) is 0.478. The average molecular weight is 460 g/mol. The average Bonchev–Trinajstić information content (AvgIpc) is 3.34. The molecule has 1 unspecified atom stereocenters. The molecule has 4 rings (SSSR count). The lowest BCUT2D eigenvalue weighted by molar-refractivity contribution is 0.0667. The van der Waals surface area contributed by atoms with Crippen LogP contribution in [0.15, 0.2) is 52.0 Å². The van der Waals surface area contributed by atoms with Gasteiger partial charge in [0, 0.05) is 37.8 Å². The van der Waals surface area contributed by atoms with Crippen molar-refractivity contribution in [1.82, 2.24) is 14.5 Å². The zero-order valence-electron chi connectivity index (χ0n) is 18.2. The predicted molar refractivity (Wildman–Crippen MR) is 119 cm³/mol. The van der Waals surface area contributed by atoms with Crippen LogP contribution in [0.2, 0.25) is 0 Å². The molecule has 1 aromatic carbocycles. The van der Waals surface area contributed by atoms with E-state index >= 15 is 0 Å². The fourth-order valence-electron chi connectivity index (χ4n) is 4.34. The number of carbonyl (C=O) groups excluding carboxylic acids is 2. The van der Waals surface area contributed by atoms with Crippen LogP contribution in [0.5, 0.6) is 0 Å². The Bertz CT molecular complexity index is 1040. The minimum Gasteiger partial charge on any atom is -0.459 e. The number of nitrogens with zero attached hydrogens (tertiary/aromatic N) is 2. The van der Waals surface area contributed by atoms with Gasteiger partial charge in [-0.1, -0.05) is 6.92 Å². The molecule has 0 aliphatic carbocycles. The number of benzene rings is 1. The number of likely N-dealkylation sites (tertiary alicyclic amines) is 1. The van der Waals surface area contributed by atoms with Gasteiger partial charge in [-0.25, -0.2) is 8.42 Å². The molecule has 2 aliphatic heterocycles. The summed E-state index contributed by atoms with van der Waals surface area (Å²) in [4.78, 5) is 26.9. The third-order valence-corrected chi connectivity index (χ3v) is 8.10. The molecule has 2 amide bonds. The maximum absolute atomic E-state index is 12.9. The minimum absolute atomic E-state index is 0.0404. The highest BCUT2D eigenvalue weighted by Gasteiger charge is 2.29. The molecule has 1 N–H and O–H groups in total. The summed E-state index contributed by atoms with van der Waals surface area (Å²) >= 11 is 0. The van der Waals surface area contributed by atoms with E-state index in [1.54, 1.807) is 29.2 Å². The Labute approximate surface area is 188 Å². The molecule has 0 saturated carbocycles. The Hall–Kier alpha value is -2.65. The molecule has 2 saturated heterocycles. The van der Waals surface area contributed by atoms with Crippen LogP contribution in [0, 0.1) is 5.92 Å². The van der Waals surface area contributed by atoms with Crippen LogP contribution in [-0.4, -0.2) is 61.7 Å². The summed E-state index contributed by atoms with van der Waals surface area (Å²) in [5, 5.41) is 3.00. The lowest BCUT2D eigenvalue weighted by Gasteiger charge is -2.32. The molecule has 1 atom stereocenters. The van der Waals surface area contributed by atoms with Crippen molar-refractivity contribution in [2.24, 2.45) is 5.92 Å². The van der Waals surface area contributed by atoms with Crippen molar-refractivity contribution in [3.8, 4) is 0 Å². The first-order valence-corrected chi connectivity index (χ1v) is 12.5. The molecule has 2 fully saturated rings. The van der Waals surface area contributed by atoms with Gasteiger partial charge in [-0.15, -0.1) is 0 Å². The zero-order chi connectivity index (χ0) is 22.7. The molecule has 0 radical (unpaired) electrons. The second kappa shape index (κ2) is 9.46. The van der Waals surface area contributed by atoms with Crippen molar-refractivity contribution in [3.05, 3.63) is 54.0 Å². The third kappa shape index (κ3) is 4.88. The van der Waals surface area contributed by atoms with Gasteiger partial charge >= 0.3 is 0 Å². The molecule has 8 nitrogen and oxygen atoms in total. The van der Waals surface area contributed by atoms with Gasteiger partial charge in [0.1, 0.15) is 0 Å². The molecular formula is C23H29N3O5S. The quantitative estimate of drug-likeness (QED) is 0.741. The lowest BCUT2D eigenvalue weighted by atomic mass is 10.0. The molecule has 0 bridgehead atoms. The van der Waals surface area contributed by atoms with Crippen LogP contribution in [-0.2, 0) is 10.0 Å². The van der Waals surface area contributed by atoms with E-state index in [4.69, 9.17) is 4.42 Å². The van der Waals surface area contributed by atoms with E-state index in [2.05, 4.69) is 12.2 Å². The second-order valence-corrected chi connectivity index (χ2v) is 10.6. The first-order valence-electron chi connectivity index (χ1n) is 11.1. The summed E-state index contributed by atoms with van der Waals surface area (Å²) in [7, 11) is -3.54. The van der Waals surface area contributed by atoms with E-state index in [1.807, 2.05) is 0 Å². The summed E-state index contributed by atoms with van der Waals surface area (Å²) in [6.45, 7) is 4.21. The second-order valence-electron chi connectivity index (χ2n) is 8.65. The van der Waals surface area contributed by atoms with Gasteiger partial charge in [0.25, 0.3) is 11.8 Å². The van der Waals surface area contributed by atoms with Gasteiger partial charge in [0.2, 0.25) is 10.0 Å². The van der Waals surface area contributed by atoms with Crippen molar-refractivity contribution in [2.75, 3.05) is 26.2 Å². The van der Waals surface area contributed by atoms with Gasteiger partial charge in [-0.05, 0) is 68.0 Å². The normalized spacial score (nSPS) is 20.8. The molecule has 3 heterocycles. The van der Waals surface area contributed by atoms with Crippen molar-refractivity contribution in [1.29, 1.82) is 0 Å². The number of carbonyl (C=O) groups is 2. The predicted octanol–water partition coefficient (Wildman–Crippen LogP) is 2.73. The van der Waals surface area contributed by atoms with Gasteiger partial charge in [-0.3, -0.25) is 9.59 Å². The summed E-state index contributed by atoms with van der Waals surface area (Å²) in [6, 6.07) is 9.43. The standard InChI is InChI=1S/C23H29N3O5S/c1-17-4-2-12-26(16-17)32(29,30)20-8-6-18(7-9-20)22(27)24-19-10-13-25(14-11-19)23(28)21-5-3-15-31-21/h3,5-9,15,17,19H,2,4,10-14,16H2,1H3,(H,24,27). The first-order chi connectivity index (χ1) is 15.3. The third-order valence-electron chi connectivity index (χ3n) is 6.22. The van der Waals surface area contributed by atoms with Crippen LogP contribution >= 0.6 is 0 Å². The molecule has 2 aliphatic rings. The van der Waals surface area contributed by atoms with Gasteiger partial charge < -0.3 is 14.6 Å². The Kier molecular flexibility index (Phi) is 6.66. The monoisotopic (exact) mass is 459 g/mol. The number of hydrogen-bond acceptors (Lipinski definition) is 5. The highest BCUT2D eigenvalue weighted by Crippen LogP contribution is 2.24. The van der Waals surface area contributed by atoms with E-state index < -0.39 is 10.0 Å². The van der Waals surface area contributed by atoms with Crippen LogP contribution in [0.3, 0.4) is 0 Å². The van der Waals surface area contributed by atoms with E-state index in [0.717, 1.165) is 12.8 Å². The fourth-order valence-corrected chi connectivity index (χ4v) is 5.94. The Morgan fingerprint density at radius 2 is 1.75 bits per heavy atom. The van der Waals surface area contributed by atoms with Crippen molar-refractivity contribution < 1.29 is 22.4 Å². The smallest absolute Gasteiger partial charge is 0.289 e. The number of sulfonamides is 1. The number of rotatable bonds is 5. The lowest BCUT2D eigenvalue weighted by Crippen LogP contribution is -2.46. The SMILES string of the molecule is CC1CCCN(S(=O)(=O)c2ccc(C(=O)NC3CCN(C(=O)c4ccco4)CC3)cc2)C1. The van der Waals surface area contributed by atoms with Crippen LogP contribution in [0.1, 0.15) is 53.5 Å². The Balaban J connectivity index is 1.32. The summed E-state index contributed by atoms with van der Waals surface area (Å²) in [6.07, 6.45) is 4.69. The van der Waals surface area contributed by atoms with E-state index in [0.29, 0.717) is 56.3 Å². The van der Waals surface area contributed by atoms with E-state index in [9.17, 15) is 18.0 Å². The van der Waals surface area contributed by atoms with Crippen LogP contribution in [0.25, 0.3) is 0 Å². The number of hydrogen-bond donors (Lipinski definition) is 1. The van der Waals surface area contributed by atoms with Gasteiger partial charge in [0.15, 0.2) is 5.76 Å². The van der Waals surface area contributed by atoms with Crippen LogP contribution < -0.4 is 5.32 Å². The highest BCUT2D eigenvalue weighted by molar-refractivity contribution is 7.89. The van der Waals surface area contributed by atoms with Gasteiger partial charge in [0.05, 0.1) is 11.2 Å². The number of furan rings is 1. The highest BCUT2D eigenvalue weighted by atomic mass is 32.2. The Morgan fingerprint density at radius 3 is 2.38 bits per heavy atom. The topological polar surface area (TPSA) is 99.9 Å². The largest absolute Gasteiger partial charge is 0.459 e. The Morgan fingerprint density at radius 1 is 1.03 bits per heavy atom. The minimum atomic E-state index is -3.54. The molecule has 0 spiro atoms. The summed E-state index contributed by atoms with van der Waals surface area (Å²) in [5.74, 6) is 0.293. The van der Waals surface area contributed by atoms with Crippen molar-refractivity contribution in [2.45, 2.75) is 43.5 Å². The molecule has 172 valence electrons. The molecular weight excluding hydrogens is 430 g/mol. The number of nitrogens with one attached hydrogen (secondary N) is 1. The molecule has 32 heavy (non-hydrogen) atoms. The summed E-state index contributed by atoms with van der Waals surface area (Å²) in [5.41, 5.74) is 0.421. The zero-order valence-corrected chi connectivity index (χ0v) is 19.0.